The van der Waals surface area contributed by atoms with Crippen LogP contribution in [0.15, 0.2) is 94.7 Å². The molecule has 4 rings (SSSR count). The van der Waals surface area contributed by atoms with E-state index in [9.17, 15) is 21.6 Å². The number of pyridine rings is 1. The first-order chi connectivity index (χ1) is 18.0. The maximum Gasteiger partial charge on any atom is 0.573 e. The first-order valence-electron chi connectivity index (χ1n) is 10.9. The molecule has 0 saturated carbocycles. The van der Waals surface area contributed by atoms with Crippen LogP contribution in [0.1, 0.15) is 0 Å². The Morgan fingerprint density at radius 3 is 2.08 bits per heavy atom. The molecule has 1 heterocycles. The van der Waals surface area contributed by atoms with E-state index < -0.39 is 16.2 Å². The van der Waals surface area contributed by atoms with Gasteiger partial charge in [-0.25, -0.2) is 18.3 Å². The molecule has 4 aromatic rings. The molecule has 0 bridgehead atoms. The molecule has 0 aliphatic carbocycles. The van der Waals surface area contributed by atoms with Crippen LogP contribution in [0.5, 0.6) is 5.75 Å². The summed E-state index contributed by atoms with van der Waals surface area (Å²) in [5.41, 5.74) is 3.44. The third-order valence-electron chi connectivity index (χ3n) is 5.09. The summed E-state index contributed by atoms with van der Waals surface area (Å²) in [4.78, 5) is 10.3. The SMILES string of the molecule is COOSc1cccc(-c2cc(Nc3ccc(OC(F)(F)F)cc3)cc(-c3cccc(S(C)(=O)=O)c3)n2)c1. The van der Waals surface area contributed by atoms with Crippen LogP contribution in [0, 0.1) is 0 Å². The second-order valence-corrected chi connectivity index (χ2v) is 10.8. The van der Waals surface area contributed by atoms with Gasteiger partial charge in [-0.1, -0.05) is 24.3 Å². The Morgan fingerprint density at radius 2 is 1.47 bits per heavy atom. The van der Waals surface area contributed by atoms with Crippen LogP contribution < -0.4 is 10.1 Å². The Balaban J connectivity index is 1.75. The summed E-state index contributed by atoms with van der Waals surface area (Å²) < 4.78 is 70.6. The van der Waals surface area contributed by atoms with Gasteiger partial charge in [0.2, 0.25) is 0 Å². The number of alkyl halides is 3. The minimum absolute atomic E-state index is 0.145. The van der Waals surface area contributed by atoms with Gasteiger partial charge in [-0.2, -0.15) is 4.33 Å². The van der Waals surface area contributed by atoms with E-state index in [1.807, 2.05) is 24.3 Å². The van der Waals surface area contributed by atoms with Crippen molar-refractivity contribution >= 4 is 33.3 Å². The number of nitrogens with one attached hydrogen (secondary N) is 1. The number of rotatable bonds is 9. The smallest absolute Gasteiger partial charge is 0.406 e. The lowest BCUT2D eigenvalue weighted by Crippen LogP contribution is -2.16. The van der Waals surface area contributed by atoms with E-state index in [1.54, 1.807) is 24.3 Å². The van der Waals surface area contributed by atoms with Gasteiger partial charge in [0.1, 0.15) is 5.75 Å². The van der Waals surface area contributed by atoms with E-state index in [-0.39, 0.29) is 10.6 Å². The first kappa shape index (κ1) is 27.5. The molecule has 0 aliphatic heterocycles. The lowest BCUT2D eigenvalue weighted by Gasteiger charge is -2.14. The zero-order valence-corrected chi connectivity index (χ0v) is 21.7. The fourth-order valence-corrected chi connectivity index (χ4v) is 4.59. The van der Waals surface area contributed by atoms with Crippen molar-refractivity contribution in [2.75, 3.05) is 18.7 Å². The van der Waals surface area contributed by atoms with Crippen LogP contribution in [0.25, 0.3) is 22.5 Å². The predicted molar refractivity (Wildman–Crippen MR) is 139 cm³/mol. The van der Waals surface area contributed by atoms with Gasteiger partial charge < -0.3 is 10.1 Å². The van der Waals surface area contributed by atoms with Crippen molar-refractivity contribution in [1.29, 1.82) is 0 Å². The van der Waals surface area contributed by atoms with E-state index in [4.69, 9.17) is 9.32 Å². The van der Waals surface area contributed by atoms with Crippen molar-refractivity contribution in [3.63, 3.8) is 0 Å². The molecule has 0 unspecified atom stereocenters. The quantitative estimate of drug-likeness (QED) is 0.132. The summed E-state index contributed by atoms with van der Waals surface area (Å²) in [6.45, 7) is 0. The van der Waals surface area contributed by atoms with E-state index in [1.165, 1.54) is 43.5 Å². The van der Waals surface area contributed by atoms with Crippen LogP contribution >= 0.6 is 12.0 Å². The number of anilines is 2. The van der Waals surface area contributed by atoms with Gasteiger partial charge in [-0.3, -0.25) is 0 Å². The molecule has 7 nitrogen and oxygen atoms in total. The van der Waals surface area contributed by atoms with E-state index in [0.717, 1.165) is 28.8 Å². The summed E-state index contributed by atoms with van der Waals surface area (Å²) in [6.07, 6.45) is -3.66. The number of nitrogens with zero attached hydrogens (tertiary/aromatic N) is 1. The lowest BCUT2D eigenvalue weighted by molar-refractivity contribution is -0.274. The third kappa shape index (κ3) is 7.48. The minimum Gasteiger partial charge on any atom is -0.406 e. The molecule has 198 valence electrons. The Hall–Kier alpha value is -3.58. The number of benzene rings is 3. The summed E-state index contributed by atoms with van der Waals surface area (Å²) in [7, 11) is -2.05. The van der Waals surface area contributed by atoms with Gasteiger partial charge in [0.25, 0.3) is 0 Å². The maximum atomic E-state index is 12.5. The predicted octanol–water partition coefficient (Wildman–Crippen LogP) is 7.05. The maximum absolute atomic E-state index is 12.5. The van der Waals surface area contributed by atoms with Crippen LogP contribution in [0.3, 0.4) is 0 Å². The molecule has 3 aromatic carbocycles. The number of sulfone groups is 1. The number of aromatic nitrogens is 1. The Labute approximate surface area is 221 Å². The number of halogens is 3. The van der Waals surface area contributed by atoms with Gasteiger partial charge in [-0.15, -0.1) is 13.2 Å². The molecule has 0 spiro atoms. The van der Waals surface area contributed by atoms with Gasteiger partial charge in [-0.05, 0) is 60.7 Å². The molecule has 0 fully saturated rings. The highest BCUT2D eigenvalue weighted by atomic mass is 32.2. The fraction of sp³-hybridized carbons (Fsp3) is 0.115. The molecule has 0 radical (unpaired) electrons. The number of hydrogen-bond donors (Lipinski definition) is 1. The topological polar surface area (TPSA) is 86.8 Å². The van der Waals surface area contributed by atoms with Crippen LogP contribution in [0.2, 0.25) is 0 Å². The van der Waals surface area contributed by atoms with E-state index in [0.29, 0.717) is 28.3 Å². The first-order valence-corrected chi connectivity index (χ1v) is 13.6. The summed E-state index contributed by atoms with van der Waals surface area (Å²) in [5.74, 6) is -0.343. The molecule has 1 N–H and O–H groups in total. The molecule has 0 atom stereocenters. The second kappa shape index (κ2) is 11.4. The highest BCUT2D eigenvalue weighted by Crippen LogP contribution is 2.32. The van der Waals surface area contributed by atoms with Crippen molar-refractivity contribution in [2.24, 2.45) is 0 Å². The van der Waals surface area contributed by atoms with E-state index >= 15 is 0 Å². The highest BCUT2D eigenvalue weighted by Gasteiger charge is 2.31. The van der Waals surface area contributed by atoms with Crippen LogP contribution in [0.4, 0.5) is 24.5 Å². The largest absolute Gasteiger partial charge is 0.573 e. The summed E-state index contributed by atoms with van der Waals surface area (Å²) in [6, 6.07) is 22.5. The van der Waals surface area contributed by atoms with E-state index in [2.05, 4.69) is 14.9 Å². The molecule has 1 aromatic heterocycles. The van der Waals surface area contributed by atoms with Crippen molar-refractivity contribution < 1.29 is 35.5 Å². The van der Waals surface area contributed by atoms with Gasteiger partial charge in [0.05, 0.1) is 35.4 Å². The fourth-order valence-electron chi connectivity index (χ4n) is 3.47. The number of ether oxygens (including phenoxy) is 1. The molecule has 0 saturated heterocycles. The zero-order valence-electron chi connectivity index (χ0n) is 20.0. The average molecular weight is 563 g/mol. The van der Waals surface area contributed by atoms with Gasteiger partial charge in [0.15, 0.2) is 9.84 Å². The van der Waals surface area contributed by atoms with Gasteiger partial charge >= 0.3 is 6.36 Å². The molecule has 0 aliphatic rings. The Kier molecular flexibility index (Phi) is 8.26. The zero-order chi connectivity index (χ0) is 27.3. The molecule has 12 heteroatoms. The van der Waals surface area contributed by atoms with Crippen molar-refractivity contribution in [3.05, 3.63) is 84.9 Å². The second-order valence-electron chi connectivity index (χ2n) is 7.97. The molecule has 38 heavy (non-hydrogen) atoms. The Bertz CT molecular complexity index is 1530. The molecular formula is C26H21F3N2O5S2. The molecule has 0 amide bonds. The van der Waals surface area contributed by atoms with Crippen molar-refractivity contribution in [3.8, 4) is 28.3 Å². The third-order valence-corrected chi connectivity index (χ3v) is 6.85. The lowest BCUT2D eigenvalue weighted by atomic mass is 10.1. The monoisotopic (exact) mass is 562 g/mol. The van der Waals surface area contributed by atoms with Crippen LogP contribution in [-0.4, -0.2) is 33.1 Å². The van der Waals surface area contributed by atoms with Gasteiger partial charge in [0, 0.05) is 33.7 Å². The standard InChI is InChI=1S/C26H21F3N2O5S2/c1-34-36-37-22-7-3-5-17(13-22)24-15-20(30-19-9-11-21(12-10-19)35-26(27,28)29)16-25(31-24)18-6-4-8-23(14-18)38(2,32)33/h3-16H,1-2H3,(H,30,31). The highest BCUT2D eigenvalue weighted by molar-refractivity contribution is 7.94. The number of hydrogen-bond acceptors (Lipinski definition) is 8. The Morgan fingerprint density at radius 1 is 0.842 bits per heavy atom. The van der Waals surface area contributed by atoms with Crippen molar-refractivity contribution in [2.45, 2.75) is 16.2 Å². The molecular weight excluding hydrogens is 541 g/mol. The minimum atomic E-state index is -4.79. The van der Waals surface area contributed by atoms with Crippen molar-refractivity contribution in [1.82, 2.24) is 4.98 Å². The van der Waals surface area contributed by atoms with Crippen LogP contribution in [-0.2, 0) is 19.1 Å². The summed E-state index contributed by atoms with van der Waals surface area (Å²) >= 11 is 1.02. The summed E-state index contributed by atoms with van der Waals surface area (Å²) in [5, 5.41) is 3.16. The normalized spacial score (nSPS) is 11.8. The average Bonchev–Trinajstić information content (AvgIpc) is 2.87.